The first-order chi connectivity index (χ1) is 20.0. The van der Waals surface area contributed by atoms with Gasteiger partial charge in [-0.05, 0) is 42.2 Å². The van der Waals surface area contributed by atoms with E-state index in [4.69, 9.17) is 18.3 Å². The molecule has 3 aromatic rings. The number of ether oxygens (including phenoxy) is 2. The van der Waals surface area contributed by atoms with Gasteiger partial charge in [0, 0.05) is 18.9 Å². The third-order valence-corrected chi connectivity index (χ3v) is 12.4. The first-order valence-corrected chi connectivity index (χ1v) is 17.1. The quantitative estimate of drug-likeness (QED) is 0.0892. The Morgan fingerprint density at radius 1 is 1.07 bits per heavy atom. The van der Waals surface area contributed by atoms with Gasteiger partial charge in [0.05, 0.1) is 24.9 Å². The maximum absolute atomic E-state index is 12.6. The highest BCUT2D eigenvalue weighted by molar-refractivity contribution is 6.74. The second-order valence-corrected chi connectivity index (χ2v) is 16.7. The van der Waals surface area contributed by atoms with Crippen molar-refractivity contribution in [3.8, 4) is 11.8 Å². The SMILES string of the molecule is COC(=O)C#CC(CCc1cnc(C2C(COC(=O)c3ccccc3)N2Cc2ccccc2)o1)O[Si](C)(C)C(C)(C)C. The van der Waals surface area contributed by atoms with Gasteiger partial charge in [0.25, 0.3) is 0 Å². The molecule has 0 aliphatic carbocycles. The zero-order valence-electron chi connectivity index (χ0n) is 25.3. The lowest BCUT2D eigenvalue weighted by molar-refractivity contribution is -0.133. The molecule has 4 atom stereocenters. The first kappa shape index (κ1) is 31.2. The fourth-order valence-corrected chi connectivity index (χ4v) is 5.63. The monoisotopic (exact) mass is 588 g/mol. The van der Waals surface area contributed by atoms with Crippen molar-refractivity contribution in [1.82, 2.24) is 9.88 Å². The van der Waals surface area contributed by atoms with E-state index in [0.717, 1.165) is 5.56 Å². The van der Waals surface area contributed by atoms with E-state index >= 15 is 0 Å². The molecule has 8 nitrogen and oxygen atoms in total. The van der Waals surface area contributed by atoms with Crippen LogP contribution in [0.1, 0.15) is 60.8 Å². The molecular formula is C33H40N2O6Si. The molecule has 0 amide bonds. The second kappa shape index (κ2) is 13.5. The molecule has 4 unspecified atom stereocenters. The Kier molecular flexibility index (Phi) is 10.0. The van der Waals surface area contributed by atoms with Crippen molar-refractivity contribution >= 4 is 20.3 Å². The summed E-state index contributed by atoms with van der Waals surface area (Å²) >= 11 is 0. The normalized spacial score (nSPS) is 18.9. The lowest BCUT2D eigenvalue weighted by Gasteiger charge is -2.38. The van der Waals surface area contributed by atoms with E-state index in [1.807, 2.05) is 36.4 Å². The summed E-state index contributed by atoms with van der Waals surface area (Å²) in [6.45, 7) is 11.7. The zero-order chi connectivity index (χ0) is 30.3. The zero-order valence-corrected chi connectivity index (χ0v) is 26.3. The molecule has 0 bridgehead atoms. The van der Waals surface area contributed by atoms with E-state index < -0.39 is 20.4 Å². The van der Waals surface area contributed by atoms with Crippen LogP contribution in [0.4, 0.5) is 0 Å². The van der Waals surface area contributed by atoms with Crippen LogP contribution < -0.4 is 0 Å². The van der Waals surface area contributed by atoms with E-state index in [0.29, 0.717) is 36.6 Å². The number of aryl methyl sites for hydroxylation is 1. The van der Waals surface area contributed by atoms with E-state index in [9.17, 15) is 9.59 Å². The van der Waals surface area contributed by atoms with Crippen LogP contribution >= 0.6 is 0 Å². The molecule has 9 heteroatoms. The van der Waals surface area contributed by atoms with Crippen molar-refractivity contribution in [3.63, 3.8) is 0 Å². The van der Waals surface area contributed by atoms with Crippen LogP contribution in [0.5, 0.6) is 0 Å². The highest BCUT2D eigenvalue weighted by atomic mass is 28.4. The molecule has 0 N–H and O–H groups in total. The molecule has 222 valence electrons. The largest absolute Gasteiger partial charge is 0.460 e. The molecule has 1 aliphatic rings. The van der Waals surface area contributed by atoms with Crippen LogP contribution in [0.3, 0.4) is 0 Å². The smallest absolute Gasteiger partial charge is 0.384 e. The third kappa shape index (κ3) is 8.19. The molecule has 1 aromatic heterocycles. The fourth-order valence-electron chi connectivity index (χ4n) is 4.38. The Labute approximate surface area is 249 Å². The van der Waals surface area contributed by atoms with Crippen LogP contribution in [0.25, 0.3) is 0 Å². The fraction of sp³-hybridized carbons (Fsp3) is 0.424. The van der Waals surface area contributed by atoms with Gasteiger partial charge in [-0.3, -0.25) is 4.90 Å². The Balaban J connectivity index is 1.44. The molecule has 1 aliphatic heterocycles. The Morgan fingerprint density at radius 2 is 1.74 bits per heavy atom. The summed E-state index contributed by atoms with van der Waals surface area (Å²) < 4.78 is 23.1. The number of oxazole rings is 1. The second-order valence-electron chi connectivity index (χ2n) is 12.0. The number of carbonyl (C=O) groups excluding carboxylic acids is 2. The van der Waals surface area contributed by atoms with Gasteiger partial charge in [-0.25, -0.2) is 14.6 Å². The van der Waals surface area contributed by atoms with Gasteiger partial charge >= 0.3 is 11.9 Å². The Morgan fingerprint density at radius 3 is 2.38 bits per heavy atom. The van der Waals surface area contributed by atoms with Gasteiger partial charge in [-0.15, -0.1) is 0 Å². The summed E-state index contributed by atoms with van der Waals surface area (Å²) in [5.74, 6) is 5.85. The molecule has 0 spiro atoms. The van der Waals surface area contributed by atoms with Crippen LogP contribution in [0.15, 0.2) is 71.3 Å². The number of carbonyl (C=O) groups is 2. The van der Waals surface area contributed by atoms with E-state index in [-0.39, 0.29) is 29.7 Å². The molecule has 0 radical (unpaired) electrons. The minimum absolute atomic E-state index is 0.00916. The van der Waals surface area contributed by atoms with Gasteiger partial charge in [0.15, 0.2) is 8.32 Å². The third-order valence-electron chi connectivity index (χ3n) is 7.90. The summed E-state index contributed by atoms with van der Waals surface area (Å²) in [4.78, 5) is 31.1. The number of rotatable bonds is 11. The molecular weight excluding hydrogens is 548 g/mol. The molecule has 4 rings (SSSR count). The van der Waals surface area contributed by atoms with Crippen molar-refractivity contribution < 1.29 is 27.9 Å². The number of esters is 2. The van der Waals surface area contributed by atoms with Crippen LogP contribution in [-0.4, -0.2) is 56.0 Å². The van der Waals surface area contributed by atoms with E-state index in [1.165, 1.54) is 7.11 Å². The topological polar surface area (TPSA) is 90.9 Å². The molecule has 0 saturated carbocycles. The number of methoxy groups -OCH3 is 1. The lowest BCUT2D eigenvalue weighted by atomic mass is 10.2. The summed E-state index contributed by atoms with van der Waals surface area (Å²) in [7, 11) is -0.827. The highest BCUT2D eigenvalue weighted by Gasteiger charge is 2.52. The minimum atomic E-state index is -2.14. The lowest BCUT2D eigenvalue weighted by Crippen LogP contribution is -2.43. The average molecular weight is 589 g/mol. The van der Waals surface area contributed by atoms with Crippen molar-refractivity contribution in [2.75, 3.05) is 13.7 Å². The van der Waals surface area contributed by atoms with Gasteiger partial charge in [0.2, 0.25) is 5.89 Å². The summed E-state index contributed by atoms with van der Waals surface area (Å²) in [5, 5.41) is -0.00916. The highest BCUT2D eigenvalue weighted by Crippen LogP contribution is 2.44. The number of nitrogens with zero attached hydrogens (tertiary/aromatic N) is 2. The Bertz CT molecular complexity index is 1400. The molecule has 1 saturated heterocycles. The van der Waals surface area contributed by atoms with Gasteiger partial charge < -0.3 is 18.3 Å². The van der Waals surface area contributed by atoms with Crippen molar-refractivity contribution in [2.45, 2.75) is 76.5 Å². The van der Waals surface area contributed by atoms with Crippen molar-refractivity contribution in [1.29, 1.82) is 0 Å². The number of hydrogen-bond acceptors (Lipinski definition) is 8. The van der Waals surface area contributed by atoms with Crippen LogP contribution in [0, 0.1) is 11.8 Å². The van der Waals surface area contributed by atoms with Crippen molar-refractivity contribution in [3.05, 3.63) is 89.6 Å². The number of aromatic nitrogens is 1. The van der Waals surface area contributed by atoms with E-state index in [2.05, 4.69) is 67.7 Å². The van der Waals surface area contributed by atoms with E-state index in [1.54, 1.807) is 18.3 Å². The molecule has 1 fully saturated rings. The molecule has 42 heavy (non-hydrogen) atoms. The maximum Gasteiger partial charge on any atom is 0.384 e. The molecule has 2 aromatic carbocycles. The number of hydrogen-bond donors (Lipinski definition) is 0. The van der Waals surface area contributed by atoms with Gasteiger partial charge in [0.1, 0.15) is 24.5 Å². The van der Waals surface area contributed by atoms with Gasteiger partial charge in [-0.1, -0.05) is 75.2 Å². The van der Waals surface area contributed by atoms with Crippen LogP contribution in [0.2, 0.25) is 18.1 Å². The maximum atomic E-state index is 12.6. The summed E-state index contributed by atoms with van der Waals surface area (Å²) in [5.41, 5.74) is 1.67. The minimum Gasteiger partial charge on any atom is -0.460 e. The van der Waals surface area contributed by atoms with Crippen LogP contribution in [-0.2, 0) is 31.7 Å². The average Bonchev–Trinajstić information content (AvgIpc) is 3.42. The standard InChI is InChI=1S/C33H40N2O6Si/c1-33(2,3)42(5,6)41-26(19-20-29(36)38-4)17-18-27-21-34-31(40-27)30-28(35(30)22-24-13-9-7-10-14-24)23-39-32(37)25-15-11-8-12-16-25/h7-16,21,26,28,30H,17-18,22-23H2,1-6H3. The predicted molar refractivity (Wildman–Crippen MR) is 162 cm³/mol. The summed E-state index contributed by atoms with van der Waals surface area (Å²) in [6, 6.07) is 19.0. The molecule has 2 heterocycles. The number of benzene rings is 2. The predicted octanol–water partition coefficient (Wildman–Crippen LogP) is 5.96. The summed E-state index contributed by atoms with van der Waals surface area (Å²) in [6.07, 6.45) is 2.38. The van der Waals surface area contributed by atoms with Crippen molar-refractivity contribution in [2.24, 2.45) is 0 Å². The van der Waals surface area contributed by atoms with Gasteiger partial charge in [-0.2, -0.15) is 0 Å². The Hall–Kier alpha value is -3.71. The first-order valence-electron chi connectivity index (χ1n) is 14.2.